The predicted molar refractivity (Wildman–Crippen MR) is 60.4 cm³/mol. The van der Waals surface area contributed by atoms with Gasteiger partial charge >= 0.3 is 0 Å². The minimum atomic E-state index is -2.77. The van der Waals surface area contributed by atoms with E-state index in [1.54, 1.807) is 0 Å². The third kappa shape index (κ3) is 1.31. The molecule has 5 heteroatoms. The van der Waals surface area contributed by atoms with Gasteiger partial charge in [0.2, 0.25) is 0 Å². The lowest BCUT2D eigenvalue weighted by molar-refractivity contribution is 0.0462. The molecule has 16 heavy (non-hydrogen) atoms. The molecule has 0 spiro atoms. The van der Waals surface area contributed by atoms with E-state index in [0.29, 0.717) is 41.7 Å². The lowest BCUT2D eigenvalue weighted by atomic mass is 9.60. The van der Waals surface area contributed by atoms with Crippen molar-refractivity contribution < 1.29 is 13.5 Å². The molecule has 4 atom stereocenters. The van der Waals surface area contributed by atoms with Gasteiger partial charge in [0.15, 0.2) is 9.84 Å². The third-order valence-corrected chi connectivity index (χ3v) is 6.98. The van der Waals surface area contributed by atoms with Gasteiger partial charge in [-0.25, -0.2) is 8.42 Å². The first kappa shape index (κ1) is 11.0. The molecule has 2 aliphatic carbocycles. The smallest absolute Gasteiger partial charge is 0.150 e. The third-order valence-electron chi connectivity index (χ3n) is 5.20. The Balaban J connectivity index is 1.80. The van der Waals surface area contributed by atoms with Gasteiger partial charge in [-0.1, -0.05) is 0 Å². The molecule has 3 aliphatic rings. The van der Waals surface area contributed by atoms with Crippen molar-refractivity contribution >= 4 is 9.84 Å². The highest BCUT2D eigenvalue weighted by Crippen LogP contribution is 2.63. The number of fused-ring (bicyclic) bond motifs is 4. The Kier molecular flexibility index (Phi) is 2.20. The maximum atomic E-state index is 11.5. The lowest BCUT2D eigenvalue weighted by Crippen LogP contribution is -2.42. The summed E-state index contributed by atoms with van der Waals surface area (Å²) in [4.78, 5) is 0. The molecule has 3 N–H and O–H groups in total. The first-order valence-electron chi connectivity index (χ1n) is 6.02. The highest BCUT2D eigenvalue weighted by atomic mass is 32.2. The lowest BCUT2D eigenvalue weighted by Gasteiger charge is -2.44. The van der Waals surface area contributed by atoms with Gasteiger partial charge in [-0.05, 0) is 36.5 Å². The van der Waals surface area contributed by atoms with Crippen molar-refractivity contribution in [3.8, 4) is 0 Å². The molecule has 3 rings (SSSR count). The molecule has 0 amide bonds. The summed E-state index contributed by atoms with van der Waals surface area (Å²) < 4.78 is 23.1. The number of aliphatic hydroxyl groups is 1. The summed E-state index contributed by atoms with van der Waals surface area (Å²) >= 11 is 0. The number of sulfone groups is 1. The number of rotatable bonds is 2. The van der Waals surface area contributed by atoms with Crippen LogP contribution in [0.25, 0.3) is 0 Å². The van der Waals surface area contributed by atoms with Crippen molar-refractivity contribution in [1.82, 2.24) is 0 Å². The fourth-order valence-corrected chi connectivity index (χ4v) is 6.62. The molecule has 0 aromatic carbocycles. The number of hydrogen-bond acceptors (Lipinski definition) is 4. The van der Waals surface area contributed by atoms with Crippen LogP contribution >= 0.6 is 0 Å². The zero-order chi connectivity index (χ0) is 11.6. The normalized spacial score (nSPS) is 47.1. The van der Waals surface area contributed by atoms with E-state index in [9.17, 15) is 13.5 Å². The molecule has 1 saturated heterocycles. The molecule has 1 aliphatic heterocycles. The van der Waals surface area contributed by atoms with Gasteiger partial charge in [0.25, 0.3) is 0 Å². The molecule has 1 heterocycles. The molecule has 0 unspecified atom stereocenters. The van der Waals surface area contributed by atoms with Gasteiger partial charge in [-0.15, -0.1) is 0 Å². The standard InChI is InChI=1S/C11H19NO3S/c12-5-11(6-13)1-7-8(2-11)10-4-16(14,15)3-9(7)10/h7-10,13H,1-6,12H2/t7-,8-,9+,10+/m1/s1. The average molecular weight is 245 g/mol. The Morgan fingerprint density at radius 1 is 1.12 bits per heavy atom. The fourth-order valence-electron chi connectivity index (χ4n) is 4.32. The number of hydrogen-bond donors (Lipinski definition) is 2. The molecule has 0 aromatic rings. The van der Waals surface area contributed by atoms with E-state index in [1.165, 1.54) is 0 Å². The molecule has 4 nitrogen and oxygen atoms in total. The maximum Gasteiger partial charge on any atom is 0.150 e. The molecule has 0 radical (unpaired) electrons. The zero-order valence-corrected chi connectivity index (χ0v) is 10.1. The second kappa shape index (κ2) is 3.21. The molecular weight excluding hydrogens is 226 g/mol. The van der Waals surface area contributed by atoms with E-state index in [-0.39, 0.29) is 12.0 Å². The van der Waals surface area contributed by atoms with Gasteiger partial charge in [0.1, 0.15) is 0 Å². The van der Waals surface area contributed by atoms with Crippen molar-refractivity contribution in [3.63, 3.8) is 0 Å². The van der Waals surface area contributed by atoms with Crippen LogP contribution in [0.4, 0.5) is 0 Å². The second-order valence-corrected chi connectivity index (χ2v) is 8.16. The highest BCUT2D eigenvalue weighted by molar-refractivity contribution is 7.91. The van der Waals surface area contributed by atoms with Gasteiger partial charge in [-0.2, -0.15) is 0 Å². The largest absolute Gasteiger partial charge is 0.396 e. The Labute approximate surface area is 96.1 Å². The topological polar surface area (TPSA) is 80.4 Å². The van der Waals surface area contributed by atoms with Crippen LogP contribution in [0.15, 0.2) is 0 Å². The van der Waals surface area contributed by atoms with Gasteiger partial charge in [0.05, 0.1) is 11.5 Å². The van der Waals surface area contributed by atoms with Gasteiger partial charge in [0, 0.05) is 18.6 Å². The van der Waals surface area contributed by atoms with Crippen LogP contribution in [0.2, 0.25) is 0 Å². The summed E-state index contributed by atoms with van der Waals surface area (Å²) in [6.07, 6.45) is 1.86. The monoisotopic (exact) mass is 245 g/mol. The van der Waals surface area contributed by atoms with Crippen LogP contribution in [0.3, 0.4) is 0 Å². The summed E-state index contributed by atoms with van der Waals surface area (Å²) in [6.45, 7) is 0.686. The Morgan fingerprint density at radius 2 is 1.62 bits per heavy atom. The molecule has 0 aromatic heterocycles. The van der Waals surface area contributed by atoms with Gasteiger partial charge in [-0.3, -0.25) is 0 Å². The van der Waals surface area contributed by atoms with E-state index in [2.05, 4.69) is 0 Å². The highest BCUT2D eigenvalue weighted by Gasteiger charge is 2.63. The van der Waals surface area contributed by atoms with Crippen molar-refractivity contribution in [2.45, 2.75) is 12.8 Å². The summed E-state index contributed by atoms with van der Waals surface area (Å²) in [5.41, 5.74) is 5.65. The number of aliphatic hydroxyl groups excluding tert-OH is 1. The molecule has 3 fully saturated rings. The van der Waals surface area contributed by atoms with Gasteiger partial charge < -0.3 is 10.8 Å². The zero-order valence-electron chi connectivity index (χ0n) is 9.30. The number of nitrogens with two attached hydrogens (primary N) is 1. The Hall–Kier alpha value is -0.130. The van der Waals surface area contributed by atoms with Crippen LogP contribution in [0.5, 0.6) is 0 Å². The predicted octanol–water partition coefficient (Wildman–Crippen LogP) is -0.376. The Morgan fingerprint density at radius 3 is 2.00 bits per heavy atom. The van der Waals surface area contributed by atoms with Crippen LogP contribution in [-0.2, 0) is 9.84 Å². The second-order valence-electron chi connectivity index (χ2n) is 6.00. The van der Waals surface area contributed by atoms with Crippen molar-refractivity contribution in [3.05, 3.63) is 0 Å². The summed E-state index contributed by atoms with van der Waals surface area (Å²) in [7, 11) is -2.77. The van der Waals surface area contributed by atoms with Crippen molar-refractivity contribution in [2.24, 2.45) is 34.8 Å². The first-order valence-corrected chi connectivity index (χ1v) is 7.84. The maximum absolute atomic E-state index is 11.5. The minimum Gasteiger partial charge on any atom is -0.396 e. The van der Waals surface area contributed by atoms with Crippen molar-refractivity contribution in [1.29, 1.82) is 0 Å². The van der Waals surface area contributed by atoms with E-state index in [0.717, 1.165) is 12.8 Å². The molecular formula is C11H19NO3S. The van der Waals surface area contributed by atoms with E-state index in [1.807, 2.05) is 0 Å². The summed E-state index contributed by atoms with van der Waals surface area (Å²) in [5, 5.41) is 9.45. The van der Waals surface area contributed by atoms with Crippen LogP contribution < -0.4 is 5.73 Å². The molecule has 0 bridgehead atoms. The van der Waals surface area contributed by atoms with Crippen LogP contribution in [-0.4, -0.2) is 38.2 Å². The quantitative estimate of drug-likeness (QED) is 0.695. The van der Waals surface area contributed by atoms with Crippen LogP contribution in [0, 0.1) is 29.1 Å². The minimum absolute atomic E-state index is 0.108. The average Bonchev–Trinajstić information content (AvgIpc) is 2.73. The fraction of sp³-hybridized carbons (Fsp3) is 1.00. The van der Waals surface area contributed by atoms with E-state index < -0.39 is 9.84 Å². The molecule has 92 valence electrons. The van der Waals surface area contributed by atoms with E-state index in [4.69, 9.17) is 5.73 Å². The Bertz CT molecular complexity index is 373. The van der Waals surface area contributed by atoms with E-state index >= 15 is 0 Å². The van der Waals surface area contributed by atoms with Crippen molar-refractivity contribution in [2.75, 3.05) is 24.7 Å². The summed E-state index contributed by atoms with van der Waals surface area (Å²) in [6, 6.07) is 0. The molecule has 2 saturated carbocycles. The first-order chi connectivity index (χ1) is 7.50. The van der Waals surface area contributed by atoms with Crippen LogP contribution in [0.1, 0.15) is 12.8 Å². The summed E-state index contributed by atoms with van der Waals surface area (Å²) in [5.74, 6) is 2.52. The SMILES string of the molecule is NCC1(CO)C[C@@H]2[C@@H](C1)[C@@H]1CS(=O)(=O)C[C@@H]21.